The highest BCUT2D eigenvalue weighted by molar-refractivity contribution is 5.08. The van der Waals surface area contributed by atoms with Crippen molar-refractivity contribution < 1.29 is 13.2 Å². The van der Waals surface area contributed by atoms with Gasteiger partial charge in [-0.15, -0.1) is 0 Å². The fourth-order valence-corrected chi connectivity index (χ4v) is 2.24. The molecule has 0 aromatic heterocycles. The maximum absolute atomic E-state index is 12.1. The van der Waals surface area contributed by atoms with E-state index in [1.54, 1.807) is 6.92 Å². The lowest BCUT2D eigenvalue weighted by Gasteiger charge is -2.35. The Bertz CT molecular complexity index is 263. The molecule has 1 N–H and O–H groups in total. The van der Waals surface area contributed by atoms with Gasteiger partial charge >= 0.3 is 6.18 Å². The van der Waals surface area contributed by atoms with Crippen molar-refractivity contribution in [3.63, 3.8) is 0 Å². The minimum absolute atomic E-state index is 0.0357. The monoisotopic (exact) mass is 234 g/mol. The number of hydrogen-bond donors (Lipinski definition) is 1. The molecule has 0 aromatic carbocycles. The number of rotatable bonds is 3. The molecule has 1 fully saturated rings. The molecular weight excluding hydrogens is 217 g/mol. The van der Waals surface area contributed by atoms with Gasteiger partial charge in [-0.2, -0.15) is 18.4 Å². The van der Waals surface area contributed by atoms with Crippen LogP contribution in [0.5, 0.6) is 0 Å². The van der Waals surface area contributed by atoms with Crippen molar-refractivity contribution in [3.05, 3.63) is 0 Å². The first-order valence-corrected chi connectivity index (χ1v) is 5.60. The van der Waals surface area contributed by atoms with Crippen LogP contribution in [-0.4, -0.2) is 18.3 Å². The van der Waals surface area contributed by atoms with Gasteiger partial charge in [-0.05, 0) is 25.7 Å². The van der Waals surface area contributed by atoms with Crippen LogP contribution in [0.15, 0.2) is 0 Å². The van der Waals surface area contributed by atoms with Crippen LogP contribution in [-0.2, 0) is 0 Å². The number of nitriles is 1. The van der Waals surface area contributed by atoms with Crippen molar-refractivity contribution in [3.8, 4) is 6.07 Å². The van der Waals surface area contributed by atoms with Gasteiger partial charge in [-0.1, -0.05) is 19.3 Å². The molecule has 1 unspecified atom stereocenters. The SMILES string of the molecule is CC(C#N)(NCC(F)(F)F)C1CCCCC1. The van der Waals surface area contributed by atoms with Crippen LogP contribution in [0.25, 0.3) is 0 Å². The van der Waals surface area contributed by atoms with Gasteiger partial charge in [0.15, 0.2) is 0 Å². The van der Waals surface area contributed by atoms with E-state index in [0.29, 0.717) is 0 Å². The summed E-state index contributed by atoms with van der Waals surface area (Å²) in [6.45, 7) is 0.488. The molecule has 0 radical (unpaired) electrons. The first kappa shape index (κ1) is 13.3. The van der Waals surface area contributed by atoms with Crippen LogP contribution in [0.3, 0.4) is 0 Å². The normalized spacial score (nSPS) is 22.4. The predicted octanol–water partition coefficient (Wildman–Crippen LogP) is 3.00. The average molecular weight is 234 g/mol. The lowest BCUT2D eigenvalue weighted by atomic mass is 9.76. The Morgan fingerprint density at radius 1 is 1.25 bits per heavy atom. The fourth-order valence-electron chi connectivity index (χ4n) is 2.24. The minimum Gasteiger partial charge on any atom is -0.291 e. The van der Waals surface area contributed by atoms with Crippen LogP contribution in [0.1, 0.15) is 39.0 Å². The van der Waals surface area contributed by atoms with Gasteiger partial charge in [-0.3, -0.25) is 5.32 Å². The number of halogens is 3. The van der Waals surface area contributed by atoms with E-state index in [0.717, 1.165) is 32.1 Å². The lowest BCUT2D eigenvalue weighted by Crippen LogP contribution is -2.51. The molecule has 2 nitrogen and oxygen atoms in total. The quantitative estimate of drug-likeness (QED) is 0.814. The molecule has 0 bridgehead atoms. The Morgan fingerprint density at radius 3 is 2.25 bits per heavy atom. The third-order valence-corrected chi connectivity index (χ3v) is 3.31. The van der Waals surface area contributed by atoms with E-state index in [2.05, 4.69) is 5.32 Å². The van der Waals surface area contributed by atoms with Crippen molar-refractivity contribution in [1.29, 1.82) is 5.26 Å². The minimum atomic E-state index is -4.26. The third-order valence-electron chi connectivity index (χ3n) is 3.31. The van der Waals surface area contributed by atoms with Gasteiger partial charge in [0.1, 0.15) is 5.54 Å². The van der Waals surface area contributed by atoms with Crippen LogP contribution in [0.4, 0.5) is 13.2 Å². The highest BCUT2D eigenvalue weighted by atomic mass is 19.4. The van der Waals surface area contributed by atoms with Crippen molar-refractivity contribution in [2.24, 2.45) is 5.92 Å². The summed E-state index contributed by atoms with van der Waals surface area (Å²) in [7, 11) is 0. The van der Waals surface area contributed by atoms with Gasteiger partial charge in [0.2, 0.25) is 0 Å². The number of nitrogens with one attached hydrogen (secondary N) is 1. The Kier molecular flexibility index (Phi) is 4.20. The molecule has 5 heteroatoms. The fraction of sp³-hybridized carbons (Fsp3) is 0.909. The first-order chi connectivity index (χ1) is 7.37. The highest BCUT2D eigenvalue weighted by Gasteiger charge is 2.38. The van der Waals surface area contributed by atoms with Crippen LogP contribution < -0.4 is 5.32 Å². The van der Waals surface area contributed by atoms with Gasteiger partial charge in [0, 0.05) is 0 Å². The van der Waals surface area contributed by atoms with E-state index in [-0.39, 0.29) is 5.92 Å². The molecule has 1 rings (SSSR count). The largest absolute Gasteiger partial charge is 0.401 e. The Labute approximate surface area is 93.8 Å². The molecule has 0 spiro atoms. The molecule has 16 heavy (non-hydrogen) atoms. The molecule has 0 aromatic rings. The Balaban J connectivity index is 2.58. The zero-order valence-electron chi connectivity index (χ0n) is 9.40. The number of nitrogens with zero attached hydrogens (tertiary/aromatic N) is 1. The zero-order chi connectivity index (χ0) is 12.2. The molecule has 1 atom stereocenters. The summed E-state index contributed by atoms with van der Waals surface area (Å²) in [6, 6.07) is 2.01. The summed E-state index contributed by atoms with van der Waals surface area (Å²) >= 11 is 0. The van der Waals surface area contributed by atoms with Gasteiger partial charge in [0.05, 0.1) is 12.6 Å². The Hall–Kier alpha value is -0.760. The molecule has 92 valence electrons. The van der Waals surface area contributed by atoms with Crippen LogP contribution >= 0.6 is 0 Å². The highest BCUT2D eigenvalue weighted by Crippen LogP contribution is 2.32. The second-order valence-electron chi connectivity index (χ2n) is 4.62. The van der Waals surface area contributed by atoms with Gasteiger partial charge in [-0.25, -0.2) is 0 Å². The van der Waals surface area contributed by atoms with E-state index in [1.807, 2.05) is 6.07 Å². The van der Waals surface area contributed by atoms with E-state index in [4.69, 9.17) is 5.26 Å². The molecule has 0 heterocycles. The maximum atomic E-state index is 12.1. The van der Waals surface area contributed by atoms with Crippen LogP contribution in [0.2, 0.25) is 0 Å². The molecule has 0 amide bonds. The predicted molar refractivity (Wildman–Crippen MR) is 54.7 cm³/mol. The van der Waals surface area contributed by atoms with Crippen molar-refractivity contribution in [2.75, 3.05) is 6.54 Å². The topological polar surface area (TPSA) is 35.8 Å². The summed E-state index contributed by atoms with van der Waals surface area (Å²) < 4.78 is 36.4. The summed E-state index contributed by atoms with van der Waals surface area (Å²) in [5, 5.41) is 11.4. The van der Waals surface area contributed by atoms with E-state index in [1.165, 1.54) is 0 Å². The van der Waals surface area contributed by atoms with E-state index in [9.17, 15) is 13.2 Å². The standard InChI is InChI=1S/C11H17F3N2/c1-10(7-15,16-8-11(12,13)14)9-5-3-2-4-6-9/h9,16H,2-6,8H2,1H3. The van der Waals surface area contributed by atoms with E-state index >= 15 is 0 Å². The second kappa shape index (κ2) is 5.05. The smallest absolute Gasteiger partial charge is 0.291 e. The van der Waals surface area contributed by atoms with Crippen molar-refractivity contribution in [1.82, 2.24) is 5.32 Å². The average Bonchev–Trinajstić information content (AvgIpc) is 2.26. The van der Waals surface area contributed by atoms with Gasteiger partial charge in [0.25, 0.3) is 0 Å². The molecular formula is C11H17F3N2. The molecule has 1 saturated carbocycles. The molecule has 0 aliphatic heterocycles. The van der Waals surface area contributed by atoms with E-state index < -0.39 is 18.3 Å². The lowest BCUT2D eigenvalue weighted by molar-refractivity contribution is -0.128. The number of hydrogen-bond acceptors (Lipinski definition) is 2. The molecule has 1 aliphatic carbocycles. The second-order valence-corrected chi connectivity index (χ2v) is 4.62. The summed E-state index contributed by atoms with van der Waals surface area (Å²) in [5.41, 5.74) is -1.05. The summed E-state index contributed by atoms with van der Waals surface area (Å²) in [4.78, 5) is 0. The third kappa shape index (κ3) is 3.67. The van der Waals surface area contributed by atoms with Crippen LogP contribution in [0, 0.1) is 17.2 Å². The van der Waals surface area contributed by atoms with Crippen molar-refractivity contribution in [2.45, 2.75) is 50.7 Å². The Morgan fingerprint density at radius 2 is 1.81 bits per heavy atom. The zero-order valence-corrected chi connectivity index (χ0v) is 9.40. The number of alkyl halides is 3. The first-order valence-electron chi connectivity index (χ1n) is 5.60. The maximum Gasteiger partial charge on any atom is 0.401 e. The molecule has 0 saturated heterocycles. The van der Waals surface area contributed by atoms with Crippen molar-refractivity contribution >= 4 is 0 Å². The summed E-state index contributed by atoms with van der Waals surface area (Å²) in [5.74, 6) is 0.0357. The summed E-state index contributed by atoms with van der Waals surface area (Å²) in [6.07, 6.45) is 0.569. The van der Waals surface area contributed by atoms with Gasteiger partial charge < -0.3 is 0 Å². The molecule has 1 aliphatic rings.